The largest absolute Gasteiger partial charge is 0.356 e. The summed E-state index contributed by atoms with van der Waals surface area (Å²) in [6.45, 7) is 4.85. The minimum atomic E-state index is 0.153. The molecule has 0 unspecified atom stereocenters. The van der Waals surface area contributed by atoms with Crippen LogP contribution in [0.15, 0.2) is 24.3 Å². The van der Waals surface area contributed by atoms with Crippen molar-refractivity contribution in [3.05, 3.63) is 30.1 Å². The SMILES string of the molecule is CCC(CC)C(=O)NCCCc1nc2ccccc2n1C. The molecule has 1 heterocycles. The van der Waals surface area contributed by atoms with Crippen molar-refractivity contribution in [1.29, 1.82) is 0 Å². The van der Waals surface area contributed by atoms with Crippen LogP contribution >= 0.6 is 0 Å². The molecule has 0 aliphatic carbocycles. The highest BCUT2D eigenvalue weighted by atomic mass is 16.1. The minimum Gasteiger partial charge on any atom is -0.356 e. The first kappa shape index (κ1) is 15.5. The van der Waals surface area contributed by atoms with Gasteiger partial charge in [0, 0.05) is 25.9 Å². The first-order chi connectivity index (χ1) is 10.2. The van der Waals surface area contributed by atoms with Crippen LogP contribution < -0.4 is 5.32 Å². The number of carbonyl (C=O) groups excluding carboxylic acids is 1. The van der Waals surface area contributed by atoms with Gasteiger partial charge in [0.25, 0.3) is 0 Å². The number of aromatic nitrogens is 2. The van der Waals surface area contributed by atoms with Crippen molar-refractivity contribution in [2.24, 2.45) is 13.0 Å². The molecule has 114 valence electrons. The van der Waals surface area contributed by atoms with Gasteiger partial charge in [0.2, 0.25) is 5.91 Å². The molecule has 0 aliphatic rings. The number of para-hydroxylation sites is 2. The Bertz CT molecular complexity index is 599. The van der Waals surface area contributed by atoms with Gasteiger partial charge in [-0.2, -0.15) is 0 Å². The predicted octanol–water partition coefficient (Wildman–Crippen LogP) is 3.06. The molecule has 0 bridgehead atoms. The lowest BCUT2D eigenvalue weighted by Gasteiger charge is -2.12. The van der Waals surface area contributed by atoms with E-state index in [4.69, 9.17) is 0 Å². The Morgan fingerprint density at radius 2 is 2.00 bits per heavy atom. The molecule has 2 aromatic rings. The number of rotatable bonds is 7. The average molecular weight is 287 g/mol. The molecule has 1 aromatic heterocycles. The van der Waals surface area contributed by atoms with Crippen molar-refractivity contribution in [3.63, 3.8) is 0 Å². The third-order valence-corrected chi connectivity index (χ3v) is 4.11. The quantitative estimate of drug-likeness (QED) is 0.796. The van der Waals surface area contributed by atoms with Crippen LogP contribution in [-0.2, 0) is 18.3 Å². The Hall–Kier alpha value is -1.84. The van der Waals surface area contributed by atoms with Gasteiger partial charge in [0.15, 0.2) is 0 Å². The Kier molecular flexibility index (Phi) is 5.37. The monoisotopic (exact) mass is 287 g/mol. The molecule has 0 aliphatic heterocycles. The summed E-state index contributed by atoms with van der Waals surface area (Å²) in [5.74, 6) is 1.42. The van der Waals surface area contributed by atoms with Gasteiger partial charge in [0.05, 0.1) is 11.0 Å². The summed E-state index contributed by atoms with van der Waals surface area (Å²) in [6.07, 6.45) is 3.62. The van der Waals surface area contributed by atoms with Crippen LogP contribution in [0.3, 0.4) is 0 Å². The van der Waals surface area contributed by atoms with Crippen LogP contribution in [0.25, 0.3) is 11.0 Å². The number of amides is 1. The lowest BCUT2D eigenvalue weighted by molar-refractivity contribution is -0.125. The number of hydrogen-bond donors (Lipinski definition) is 1. The van der Waals surface area contributed by atoms with E-state index >= 15 is 0 Å². The van der Waals surface area contributed by atoms with Crippen molar-refractivity contribution in [1.82, 2.24) is 14.9 Å². The van der Waals surface area contributed by atoms with E-state index in [2.05, 4.69) is 34.8 Å². The van der Waals surface area contributed by atoms with Crippen LogP contribution in [0.5, 0.6) is 0 Å². The second-order valence-electron chi connectivity index (χ2n) is 5.48. The number of benzene rings is 1. The van der Waals surface area contributed by atoms with Crippen molar-refractivity contribution < 1.29 is 4.79 Å². The van der Waals surface area contributed by atoms with E-state index in [-0.39, 0.29) is 11.8 Å². The zero-order valence-electron chi connectivity index (χ0n) is 13.2. The van der Waals surface area contributed by atoms with Crippen molar-refractivity contribution in [2.75, 3.05) is 6.54 Å². The van der Waals surface area contributed by atoms with E-state index in [0.29, 0.717) is 0 Å². The number of hydrogen-bond acceptors (Lipinski definition) is 2. The summed E-state index contributed by atoms with van der Waals surface area (Å²) in [5, 5.41) is 3.03. The topological polar surface area (TPSA) is 46.9 Å². The van der Waals surface area contributed by atoms with E-state index in [9.17, 15) is 4.79 Å². The van der Waals surface area contributed by atoms with Gasteiger partial charge in [-0.05, 0) is 31.4 Å². The maximum Gasteiger partial charge on any atom is 0.223 e. The molecule has 0 atom stereocenters. The lowest BCUT2D eigenvalue weighted by Crippen LogP contribution is -2.31. The Balaban J connectivity index is 1.85. The van der Waals surface area contributed by atoms with E-state index in [1.165, 1.54) is 0 Å². The van der Waals surface area contributed by atoms with Crippen molar-refractivity contribution in [3.8, 4) is 0 Å². The van der Waals surface area contributed by atoms with Crippen LogP contribution in [-0.4, -0.2) is 22.0 Å². The van der Waals surface area contributed by atoms with Crippen LogP contribution in [0.1, 0.15) is 38.9 Å². The normalized spacial score (nSPS) is 11.2. The van der Waals surface area contributed by atoms with E-state index in [1.54, 1.807) is 0 Å². The number of nitrogens with one attached hydrogen (secondary N) is 1. The summed E-state index contributed by atoms with van der Waals surface area (Å²) in [5.41, 5.74) is 2.20. The number of nitrogens with zero attached hydrogens (tertiary/aromatic N) is 2. The highest BCUT2D eigenvalue weighted by Gasteiger charge is 2.13. The highest BCUT2D eigenvalue weighted by molar-refractivity contribution is 5.78. The maximum absolute atomic E-state index is 11.9. The molecule has 0 radical (unpaired) electrons. The fraction of sp³-hybridized carbons (Fsp3) is 0.529. The molecule has 0 saturated carbocycles. The van der Waals surface area contributed by atoms with E-state index in [1.807, 2.05) is 25.2 Å². The molecule has 4 nitrogen and oxygen atoms in total. The molecule has 21 heavy (non-hydrogen) atoms. The smallest absolute Gasteiger partial charge is 0.223 e. The second kappa shape index (κ2) is 7.25. The molecular formula is C17H25N3O. The standard InChI is InChI=1S/C17H25N3O/c1-4-13(5-2)17(21)18-12-8-11-16-19-14-9-6-7-10-15(14)20(16)3/h6-7,9-10,13H,4-5,8,11-12H2,1-3H3,(H,18,21). The van der Waals surface area contributed by atoms with Crippen molar-refractivity contribution >= 4 is 16.9 Å². The first-order valence-corrected chi connectivity index (χ1v) is 7.85. The molecule has 0 saturated heterocycles. The lowest BCUT2D eigenvalue weighted by atomic mass is 10.0. The maximum atomic E-state index is 11.9. The van der Waals surface area contributed by atoms with Gasteiger partial charge in [-0.3, -0.25) is 4.79 Å². The summed E-state index contributed by atoms with van der Waals surface area (Å²) < 4.78 is 2.14. The number of fused-ring (bicyclic) bond motifs is 1. The fourth-order valence-electron chi connectivity index (χ4n) is 2.68. The third kappa shape index (κ3) is 3.63. The molecule has 0 fully saturated rings. The highest BCUT2D eigenvalue weighted by Crippen LogP contribution is 2.15. The molecule has 0 spiro atoms. The summed E-state index contributed by atoms with van der Waals surface area (Å²) in [7, 11) is 2.05. The van der Waals surface area contributed by atoms with Crippen LogP contribution in [0.2, 0.25) is 0 Å². The molecule has 4 heteroatoms. The van der Waals surface area contributed by atoms with Crippen LogP contribution in [0, 0.1) is 5.92 Å². The minimum absolute atomic E-state index is 0.153. The predicted molar refractivity (Wildman–Crippen MR) is 86.1 cm³/mol. The van der Waals surface area contributed by atoms with Gasteiger partial charge < -0.3 is 9.88 Å². The zero-order valence-corrected chi connectivity index (χ0v) is 13.2. The number of aryl methyl sites for hydroxylation is 2. The van der Waals surface area contributed by atoms with Gasteiger partial charge in [0.1, 0.15) is 5.82 Å². The third-order valence-electron chi connectivity index (χ3n) is 4.11. The van der Waals surface area contributed by atoms with Gasteiger partial charge >= 0.3 is 0 Å². The molecule has 2 rings (SSSR count). The van der Waals surface area contributed by atoms with Crippen molar-refractivity contribution in [2.45, 2.75) is 39.5 Å². The van der Waals surface area contributed by atoms with Gasteiger partial charge in [-0.1, -0.05) is 26.0 Å². The Labute approximate surface area is 126 Å². The number of carbonyl (C=O) groups is 1. The molecular weight excluding hydrogens is 262 g/mol. The molecule has 1 N–H and O–H groups in total. The van der Waals surface area contributed by atoms with Gasteiger partial charge in [-0.25, -0.2) is 4.98 Å². The average Bonchev–Trinajstić information content (AvgIpc) is 2.82. The molecule has 1 amide bonds. The molecule has 1 aromatic carbocycles. The Morgan fingerprint density at radius 3 is 2.67 bits per heavy atom. The van der Waals surface area contributed by atoms with Crippen LogP contribution in [0.4, 0.5) is 0 Å². The van der Waals surface area contributed by atoms with Gasteiger partial charge in [-0.15, -0.1) is 0 Å². The summed E-state index contributed by atoms with van der Waals surface area (Å²) in [6, 6.07) is 8.16. The van der Waals surface area contributed by atoms with E-state index < -0.39 is 0 Å². The summed E-state index contributed by atoms with van der Waals surface area (Å²) in [4.78, 5) is 16.5. The summed E-state index contributed by atoms with van der Waals surface area (Å²) >= 11 is 0. The second-order valence-corrected chi connectivity index (χ2v) is 5.48. The number of imidazole rings is 1. The zero-order chi connectivity index (χ0) is 15.2. The van der Waals surface area contributed by atoms with E-state index in [0.717, 1.165) is 49.1 Å². The Morgan fingerprint density at radius 1 is 1.29 bits per heavy atom. The fourth-order valence-corrected chi connectivity index (χ4v) is 2.68. The first-order valence-electron chi connectivity index (χ1n) is 7.85.